The van der Waals surface area contributed by atoms with Crippen LogP contribution in [0.15, 0.2) is 121 Å². The second-order valence-electron chi connectivity index (χ2n) is 17.0. The summed E-state index contributed by atoms with van der Waals surface area (Å²) in [6.07, 6.45) is 10.3. The highest BCUT2D eigenvalue weighted by atomic mass is 16.5. The van der Waals surface area contributed by atoms with Gasteiger partial charge in [0.15, 0.2) is 0 Å². The first-order valence-electron chi connectivity index (χ1n) is 22.1. The van der Waals surface area contributed by atoms with Crippen LogP contribution in [-0.4, -0.2) is 96.0 Å². The monoisotopic (exact) mass is 888 g/mol. The van der Waals surface area contributed by atoms with Gasteiger partial charge in [0.2, 0.25) is 5.56 Å². The topological polar surface area (TPSA) is 215 Å². The Labute approximate surface area is 381 Å². The SMILES string of the molecule is C=C(N)N1CCCC(C[C@@H](C(=O)OC)[C@@H](C)NC(=O)c2ccc(-c3ccc(=O)[nH]c3)cc2)C1.C=C(N)N1CCCC(C[C@@H](C(=O)OC)[C@@H](C)NC(=O)c2ccc(-c3ccncc3)cc2)C1. The number of carbonyl (C=O) groups excluding carboxylic acids is 4. The highest BCUT2D eigenvalue weighted by Gasteiger charge is 2.34. The maximum absolute atomic E-state index is 12.8. The predicted molar refractivity (Wildman–Crippen MR) is 252 cm³/mol. The molecule has 0 bridgehead atoms. The Morgan fingerprint density at radius 1 is 0.677 bits per heavy atom. The number of nitrogens with one attached hydrogen (secondary N) is 3. The van der Waals surface area contributed by atoms with Crippen LogP contribution in [0, 0.1) is 23.7 Å². The Morgan fingerprint density at radius 2 is 1.08 bits per heavy atom. The number of amides is 2. The number of piperidine rings is 2. The third-order valence-electron chi connectivity index (χ3n) is 12.4. The van der Waals surface area contributed by atoms with Crippen molar-refractivity contribution in [3.63, 3.8) is 0 Å². The Morgan fingerprint density at radius 3 is 1.46 bits per heavy atom. The molecule has 7 N–H and O–H groups in total. The standard InChI is InChI=1S/C25H32N4O4.C25H32N4O3/c1-16(22(25(32)33-3)13-18-5-4-12-29(15-18)17(2)26)28-24(31)20-8-6-19(7-9-20)21-10-11-23(30)27-14-21;1-17(23(25(31)32-3)15-19-5-4-14-29(16-19)18(2)26)28-24(30)22-8-6-20(7-9-22)21-10-12-27-13-11-21/h6-11,14,16,18,22H,2,4-5,12-13,15,26H2,1,3H3,(H,27,30)(H,28,31);6-13,17,19,23H,2,4-5,14-16,26H2,1,3H3,(H,28,30)/t16-,18?,22-;17-,19?,23-/m11/s1. The summed E-state index contributed by atoms with van der Waals surface area (Å²) in [4.78, 5) is 72.7. The zero-order valence-corrected chi connectivity index (χ0v) is 38.0. The summed E-state index contributed by atoms with van der Waals surface area (Å²) >= 11 is 0. The van der Waals surface area contributed by atoms with Gasteiger partial charge in [0.1, 0.15) is 0 Å². The second-order valence-corrected chi connectivity index (χ2v) is 17.0. The van der Waals surface area contributed by atoms with E-state index >= 15 is 0 Å². The molecule has 6 rings (SSSR count). The summed E-state index contributed by atoms with van der Waals surface area (Å²) in [5, 5.41) is 5.95. The quantitative estimate of drug-likeness (QED) is 0.0861. The first-order chi connectivity index (χ1) is 31.2. The summed E-state index contributed by atoms with van der Waals surface area (Å²) in [5.74, 6) is -0.368. The normalized spacial score (nSPS) is 17.7. The molecule has 0 aliphatic carbocycles. The van der Waals surface area contributed by atoms with E-state index in [2.05, 4.69) is 38.7 Å². The smallest absolute Gasteiger partial charge is 0.310 e. The van der Waals surface area contributed by atoms with Crippen LogP contribution in [0.3, 0.4) is 0 Å². The number of likely N-dealkylation sites (tertiary alicyclic amines) is 2. The highest BCUT2D eigenvalue weighted by molar-refractivity contribution is 5.96. The molecule has 4 heterocycles. The molecule has 15 heteroatoms. The van der Waals surface area contributed by atoms with E-state index in [-0.39, 0.29) is 47.2 Å². The van der Waals surface area contributed by atoms with E-state index in [0.29, 0.717) is 35.6 Å². The first kappa shape index (κ1) is 49.1. The molecule has 2 amide bonds. The average Bonchev–Trinajstić information content (AvgIpc) is 3.32. The molecule has 0 radical (unpaired) electrons. The van der Waals surface area contributed by atoms with Crippen molar-refractivity contribution in [2.24, 2.45) is 35.1 Å². The molecule has 2 aliphatic rings. The van der Waals surface area contributed by atoms with Crippen molar-refractivity contribution in [3.05, 3.63) is 138 Å². The molecule has 2 aromatic carbocycles. The van der Waals surface area contributed by atoms with Gasteiger partial charge in [0, 0.05) is 74.0 Å². The summed E-state index contributed by atoms with van der Waals surface area (Å²) in [5.41, 5.74) is 16.4. The van der Waals surface area contributed by atoms with Crippen LogP contribution in [0.4, 0.5) is 0 Å². The van der Waals surface area contributed by atoms with E-state index in [0.717, 1.165) is 74.1 Å². The average molecular weight is 889 g/mol. The van der Waals surface area contributed by atoms with Gasteiger partial charge in [-0.15, -0.1) is 0 Å². The fraction of sp³-hybridized carbons (Fsp3) is 0.400. The molecular weight excluding hydrogens is 825 g/mol. The van der Waals surface area contributed by atoms with Gasteiger partial charge in [-0.05, 0) is 129 Å². The zero-order valence-electron chi connectivity index (χ0n) is 38.0. The van der Waals surface area contributed by atoms with Gasteiger partial charge in [0.05, 0.1) is 37.7 Å². The predicted octanol–water partition coefficient (Wildman–Crippen LogP) is 5.67. The lowest BCUT2D eigenvalue weighted by Crippen LogP contribution is -2.44. The number of carbonyl (C=O) groups is 4. The molecule has 2 saturated heterocycles. The van der Waals surface area contributed by atoms with E-state index in [1.807, 2.05) is 55.1 Å². The Kier molecular flexibility index (Phi) is 17.9. The molecule has 15 nitrogen and oxygen atoms in total. The van der Waals surface area contributed by atoms with Crippen LogP contribution in [-0.2, 0) is 19.1 Å². The number of hydrogen-bond acceptors (Lipinski definition) is 12. The molecule has 2 aromatic heterocycles. The van der Waals surface area contributed by atoms with Crippen LogP contribution < -0.4 is 27.7 Å². The van der Waals surface area contributed by atoms with Crippen LogP contribution in [0.1, 0.15) is 73.1 Å². The van der Waals surface area contributed by atoms with Crippen LogP contribution in [0.25, 0.3) is 22.3 Å². The number of pyridine rings is 2. The number of benzene rings is 2. The number of esters is 2. The van der Waals surface area contributed by atoms with Crippen molar-refractivity contribution in [2.45, 2.75) is 64.5 Å². The number of nitrogens with zero attached hydrogens (tertiary/aromatic N) is 3. The van der Waals surface area contributed by atoms with Gasteiger partial charge >= 0.3 is 11.9 Å². The lowest BCUT2D eigenvalue weighted by atomic mass is 9.85. The molecule has 2 aliphatic heterocycles. The van der Waals surface area contributed by atoms with Crippen molar-refractivity contribution in [1.29, 1.82) is 0 Å². The van der Waals surface area contributed by atoms with Crippen molar-refractivity contribution in [2.75, 3.05) is 40.4 Å². The Hall–Kier alpha value is -6.90. The first-order valence-corrected chi connectivity index (χ1v) is 22.1. The van der Waals surface area contributed by atoms with Crippen molar-refractivity contribution in [1.82, 2.24) is 30.4 Å². The van der Waals surface area contributed by atoms with E-state index in [9.17, 15) is 24.0 Å². The molecule has 4 aromatic rings. The summed E-state index contributed by atoms with van der Waals surface area (Å²) < 4.78 is 10.1. The second kappa shape index (κ2) is 23.7. The van der Waals surface area contributed by atoms with E-state index in [4.69, 9.17) is 20.9 Å². The minimum atomic E-state index is -0.463. The molecule has 6 atom stereocenters. The van der Waals surface area contributed by atoms with Gasteiger partial charge in [0.25, 0.3) is 11.8 Å². The number of aromatic amines is 1. The molecule has 0 saturated carbocycles. The van der Waals surface area contributed by atoms with E-state index < -0.39 is 17.9 Å². The third kappa shape index (κ3) is 14.0. The number of rotatable bonds is 16. The maximum atomic E-state index is 12.8. The molecular formula is C50H64N8O7. The van der Waals surface area contributed by atoms with E-state index in [1.165, 1.54) is 20.3 Å². The van der Waals surface area contributed by atoms with Crippen molar-refractivity contribution in [3.8, 4) is 22.3 Å². The number of nitrogens with two attached hydrogens (primary N) is 2. The van der Waals surface area contributed by atoms with Gasteiger partial charge < -0.3 is 46.4 Å². The van der Waals surface area contributed by atoms with Crippen LogP contribution >= 0.6 is 0 Å². The number of hydrogen-bond donors (Lipinski definition) is 5. The summed E-state index contributed by atoms with van der Waals surface area (Å²) in [7, 11) is 2.75. The molecule has 2 unspecified atom stereocenters. The van der Waals surface area contributed by atoms with E-state index in [1.54, 1.807) is 48.9 Å². The van der Waals surface area contributed by atoms with Crippen LogP contribution in [0.2, 0.25) is 0 Å². The van der Waals surface area contributed by atoms with Gasteiger partial charge in [-0.25, -0.2) is 0 Å². The summed E-state index contributed by atoms with van der Waals surface area (Å²) in [6.45, 7) is 14.6. The molecule has 2 fully saturated rings. The molecule has 346 valence electrons. The van der Waals surface area contributed by atoms with Gasteiger partial charge in [-0.1, -0.05) is 37.4 Å². The fourth-order valence-electron chi connectivity index (χ4n) is 8.61. The van der Waals surface area contributed by atoms with Crippen molar-refractivity contribution >= 4 is 23.8 Å². The summed E-state index contributed by atoms with van der Waals surface area (Å²) in [6, 6.07) is 20.7. The highest BCUT2D eigenvalue weighted by Crippen LogP contribution is 2.29. The lowest BCUT2D eigenvalue weighted by molar-refractivity contribution is -0.148. The lowest BCUT2D eigenvalue weighted by Gasteiger charge is -2.36. The third-order valence-corrected chi connectivity index (χ3v) is 12.4. The minimum absolute atomic E-state index is 0.169. The largest absolute Gasteiger partial charge is 0.469 e. The number of aromatic nitrogens is 2. The zero-order chi connectivity index (χ0) is 47.0. The van der Waals surface area contributed by atoms with Crippen LogP contribution in [0.5, 0.6) is 0 Å². The number of ether oxygens (including phenoxy) is 2. The fourth-order valence-corrected chi connectivity index (χ4v) is 8.61. The molecule has 65 heavy (non-hydrogen) atoms. The van der Waals surface area contributed by atoms with Crippen molar-refractivity contribution < 1.29 is 28.7 Å². The number of H-pyrrole nitrogens is 1. The van der Waals surface area contributed by atoms with Gasteiger partial charge in [-0.3, -0.25) is 29.0 Å². The minimum Gasteiger partial charge on any atom is -0.469 e. The Bertz CT molecular complexity index is 2280. The molecule has 0 spiro atoms. The Balaban J connectivity index is 0.000000244. The van der Waals surface area contributed by atoms with Gasteiger partial charge in [-0.2, -0.15) is 0 Å². The number of methoxy groups -OCH3 is 2. The maximum Gasteiger partial charge on any atom is 0.310 e.